The molecule has 0 amide bonds. The van der Waals surface area contributed by atoms with Gasteiger partial charge in [-0.15, -0.1) is 0 Å². The quantitative estimate of drug-likeness (QED) is 0.855. The number of hydrogen-bond donors (Lipinski definition) is 1. The summed E-state index contributed by atoms with van der Waals surface area (Å²) >= 11 is 0. The van der Waals surface area contributed by atoms with E-state index in [-0.39, 0.29) is 0 Å². The maximum atomic E-state index is 5.60. The predicted molar refractivity (Wildman–Crippen MR) is 72.2 cm³/mol. The normalized spacial score (nSPS) is 18.9. The molecular formula is C13H22N4O. The van der Waals surface area contributed by atoms with Crippen LogP contribution in [0.15, 0.2) is 6.07 Å². The lowest BCUT2D eigenvalue weighted by Crippen LogP contribution is -2.34. The van der Waals surface area contributed by atoms with E-state index in [1.807, 2.05) is 13.0 Å². The highest BCUT2D eigenvalue weighted by Crippen LogP contribution is 2.18. The molecule has 2 heterocycles. The third-order valence-electron chi connectivity index (χ3n) is 3.17. The second kappa shape index (κ2) is 6.00. The first-order valence-corrected chi connectivity index (χ1v) is 6.62. The van der Waals surface area contributed by atoms with Crippen molar-refractivity contribution < 1.29 is 4.74 Å². The zero-order chi connectivity index (χ0) is 13.0. The highest BCUT2D eigenvalue weighted by atomic mass is 16.5. The van der Waals surface area contributed by atoms with E-state index in [0.29, 0.717) is 18.5 Å². The molecule has 0 aliphatic carbocycles. The number of anilines is 1. The predicted octanol–water partition coefficient (Wildman–Crippen LogP) is 1.37. The Morgan fingerprint density at radius 2 is 2.33 bits per heavy atom. The van der Waals surface area contributed by atoms with E-state index in [4.69, 9.17) is 4.74 Å². The van der Waals surface area contributed by atoms with E-state index in [2.05, 4.69) is 34.2 Å². The van der Waals surface area contributed by atoms with E-state index in [1.165, 1.54) is 0 Å². The van der Waals surface area contributed by atoms with Crippen LogP contribution >= 0.6 is 0 Å². The second-order valence-electron chi connectivity index (χ2n) is 4.75. The Morgan fingerprint density at radius 3 is 3.00 bits per heavy atom. The van der Waals surface area contributed by atoms with Crippen LogP contribution in [-0.4, -0.2) is 42.8 Å². The van der Waals surface area contributed by atoms with E-state index in [0.717, 1.165) is 37.6 Å². The summed E-state index contributed by atoms with van der Waals surface area (Å²) < 4.78 is 5.60. The van der Waals surface area contributed by atoms with Crippen molar-refractivity contribution in [3.05, 3.63) is 11.8 Å². The zero-order valence-electron chi connectivity index (χ0n) is 11.4. The first-order valence-electron chi connectivity index (χ1n) is 6.62. The Kier molecular flexibility index (Phi) is 4.36. The Morgan fingerprint density at radius 1 is 1.50 bits per heavy atom. The van der Waals surface area contributed by atoms with E-state index in [1.54, 1.807) is 0 Å². The topological polar surface area (TPSA) is 50.3 Å². The molecule has 2 rings (SSSR count). The lowest BCUT2D eigenvalue weighted by molar-refractivity contribution is 0.304. The van der Waals surface area contributed by atoms with Gasteiger partial charge in [-0.25, -0.2) is 4.98 Å². The minimum absolute atomic E-state index is 0.478. The summed E-state index contributed by atoms with van der Waals surface area (Å²) in [5.41, 5.74) is 0.948. The average Bonchev–Trinajstić information content (AvgIpc) is 2.88. The van der Waals surface area contributed by atoms with Crippen LogP contribution in [0.1, 0.15) is 25.5 Å². The van der Waals surface area contributed by atoms with Crippen molar-refractivity contribution in [2.45, 2.75) is 32.7 Å². The highest BCUT2D eigenvalue weighted by molar-refractivity contribution is 5.35. The molecule has 1 saturated heterocycles. The third kappa shape index (κ3) is 3.10. The second-order valence-corrected chi connectivity index (χ2v) is 4.75. The Balaban J connectivity index is 2.13. The number of ether oxygens (including phenoxy) is 1. The van der Waals surface area contributed by atoms with Gasteiger partial charge >= 0.3 is 0 Å². The number of aromatic nitrogens is 2. The van der Waals surface area contributed by atoms with Gasteiger partial charge in [0.15, 0.2) is 0 Å². The van der Waals surface area contributed by atoms with Crippen LogP contribution in [0.25, 0.3) is 0 Å². The molecule has 5 nitrogen and oxygen atoms in total. The number of hydrogen-bond acceptors (Lipinski definition) is 5. The molecule has 100 valence electrons. The molecule has 0 bridgehead atoms. The van der Waals surface area contributed by atoms with Gasteiger partial charge in [-0.3, -0.25) is 0 Å². The SMILES string of the molecule is CCCOc1cc(C)nc(N(C)C2CCNC2)n1. The van der Waals surface area contributed by atoms with Gasteiger partial charge in [0.1, 0.15) is 0 Å². The Labute approximate surface area is 109 Å². The van der Waals surface area contributed by atoms with Crippen LogP contribution < -0.4 is 15.0 Å². The first kappa shape index (κ1) is 13.1. The van der Waals surface area contributed by atoms with Crippen LogP contribution in [0.5, 0.6) is 5.88 Å². The van der Waals surface area contributed by atoms with Crippen LogP contribution in [0.3, 0.4) is 0 Å². The summed E-state index contributed by atoms with van der Waals surface area (Å²) in [5.74, 6) is 1.44. The summed E-state index contributed by atoms with van der Waals surface area (Å²) in [5, 5.41) is 3.36. The van der Waals surface area contributed by atoms with Crippen molar-refractivity contribution in [2.24, 2.45) is 0 Å². The summed E-state index contributed by atoms with van der Waals surface area (Å²) in [6.07, 6.45) is 2.12. The van der Waals surface area contributed by atoms with E-state index < -0.39 is 0 Å². The van der Waals surface area contributed by atoms with E-state index >= 15 is 0 Å². The highest BCUT2D eigenvalue weighted by Gasteiger charge is 2.21. The number of nitrogens with one attached hydrogen (secondary N) is 1. The number of likely N-dealkylation sites (N-methyl/N-ethyl adjacent to an activating group) is 1. The summed E-state index contributed by atoms with van der Waals surface area (Å²) in [4.78, 5) is 11.1. The molecule has 1 N–H and O–H groups in total. The van der Waals surface area contributed by atoms with Gasteiger partial charge in [-0.2, -0.15) is 4.98 Å². The minimum atomic E-state index is 0.478. The van der Waals surface area contributed by atoms with Crippen molar-refractivity contribution in [1.29, 1.82) is 0 Å². The molecule has 5 heteroatoms. The summed E-state index contributed by atoms with van der Waals surface area (Å²) in [6.45, 7) is 6.83. The average molecular weight is 250 g/mol. The van der Waals surface area contributed by atoms with Crippen molar-refractivity contribution in [3.63, 3.8) is 0 Å². The third-order valence-corrected chi connectivity index (χ3v) is 3.17. The fraction of sp³-hybridized carbons (Fsp3) is 0.692. The van der Waals surface area contributed by atoms with Gasteiger partial charge in [-0.1, -0.05) is 6.92 Å². The molecule has 18 heavy (non-hydrogen) atoms. The standard InChI is InChI=1S/C13H22N4O/c1-4-7-18-12-8-10(2)15-13(16-12)17(3)11-5-6-14-9-11/h8,11,14H,4-7,9H2,1-3H3. The summed E-state index contributed by atoms with van der Waals surface area (Å²) in [7, 11) is 2.05. The van der Waals surface area contributed by atoms with Crippen molar-refractivity contribution in [1.82, 2.24) is 15.3 Å². The van der Waals surface area contributed by atoms with Gasteiger partial charge in [0.25, 0.3) is 0 Å². The molecule has 1 aliphatic heterocycles. The van der Waals surface area contributed by atoms with Crippen LogP contribution in [0.2, 0.25) is 0 Å². The largest absolute Gasteiger partial charge is 0.478 e. The molecule has 1 aromatic heterocycles. The minimum Gasteiger partial charge on any atom is -0.478 e. The molecule has 1 aliphatic rings. The van der Waals surface area contributed by atoms with Crippen molar-refractivity contribution in [3.8, 4) is 5.88 Å². The molecule has 0 radical (unpaired) electrons. The molecule has 0 spiro atoms. The van der Waals surface area contributed by atoms with Gasteiger partial charge in [0.2, 0.25) is 11.8 Å². The molecule has 1 aromatic rings. The van der Waals surface area contributed by atoms with Crippen molar-refractivity contribution in [2.75, 3.05) is 31.6 Å². The fourth-order valence-corrected chi connectivity index (χ4v) is 2.10. The number of aryl methyl sites for hydroxylation is 1. The molecule has 1 atom stereocenters. The molecule has 0 aromatic carbocycles. The monoisotopic (exact) mass is 250 g/mol. The van der Waals surface area contributed by atoms with Crippen LogP contribution in [0.4, 0.5) is 5.95 Å². The lowest BCUT2D eigenvalue weighted by atomic mass is 10.2. The lowest BCUT2D eigenvalue weighted by Gasteiger charge is -2.24. The first-order chi connectivity index (χ1) is 8.70. The smallest absolute Gasteiger partial charge is 0.228 e. The molecule has 1 unspecified atom stereocenters. The van der Waals surface area contributed by atoms with Gasteiger partial charge in [0.05, 0.1) is 6.61 Å². The number of nitrogens with zero attached hydrogens (tertiary/aromatic N) is 3. The van der Waals surface area contributed by atoms with Gasteiger partial charge in [-0.05, 0) is 26.3 Å². The number of rotatable bonds is 5. The van der Waals surface area contributed by atoms with Gasteiger partial charge in [0, 0.05) is 31.4 Å². The summed E-state index contributed by atoms with van der Waals surface area (Å²) in [6, 6.07) is 2.37. The maximum Gasteiger partial charge on any atom is 0.228 e. The Hall–Kier alpha value is -1.36. The maximum absolute atomic E-state index is 5.60. The van der Waals surface area contributed by atoms with E-state index in [9.17, 15) is 0 Å². The zero-order valence-corrected chi connectivity index (χ0v) is 11.4. The van der Waals surface area contributed by atoms with Crippen LogP contribution in [0, 0.1) is 6.92 Å². The fourth-order valence-electron chi connectivity index (χ4n) is 2.10. The van der Waals surface area contributed by atoms with Crippen molar-refractivity contribution >= 4 is 5.95 Å². The Bertz CT molecular complexity index is 391. The van der Waals surface area contributed by atoms with Gasteiger partial charge < -0.3 is 15.0 Å². The van der Waals surface area contributed by atoms with Crippen LogP contribution in [-0.2, 0) is 0 Å². The molecule has 0 saturated carbocycles. The molecular weight excluding hydrogens is 228 g/mol. The molecule has 1 fully saturated rings.